The molecule has 0 amide bonds. The van der Waals surface area contributed by atoms with Crippen LogP contribution in [0.4, 0.5) is 0 Å². The van der Waals surface area contributed by atoms with Crippen molar-refractivity contribution in [3.63, 3.8) is 0 Å². The summed E-state index contributed by atoms with van der Waals surface area (Å²) >= 11 is 12.6. The van der Waals surface area contributed by atoms with Crippen molar-refractivity contribution >= 4 is 78.5 Å². The Hall–Kier alpha value is -1.52. The first-order chi connectivity index (χ1) is 31.1. The summed E-state index contributed by atoms with van der Waals surface area (Å²) < 4.78 is 2.41. The standard InChI is InChI=1S/C30H42S2.C22H36Br2.C4H5BO2S/c1-5-9-11-13-23(7-3)27-19-29(25-15-17-31-21-25)30(26-16-18-32-22-26)20-28(27)24(8-4)14-12-10-6-2;1-5-9-11-13-17(7-3)19-15-21(23)22(24)16-20(19)18(8-4)14-12-10-6-2;6-5(7)4-1-2-8-3-4/h15-24H,5-14H2,1-4H3;15-18H,5-14H2,1-4H3;1-3,6-7H. The fourth-order valence-corrected chi connectivity index (χ4v) is 11.9. The Kier molecular flexibility index (Phi) is 29.3. The van der Waals surface area contributed by atoms with Gasteiger partial charge in [0.15, 0.2) is 0 Å². The number of rotatable bonds is 27. The number of hydrogen-bond acceptors (Lipinski definition) is 5. The average Bonchev–Trinajstić information content (AvgIpc) is 4.14. The lowest BCUT2D eigenvalue weighted by atomic mass is 9.78. The summed E-state index contributed by atoms with van der Waals surface area (Å²) in [5.74, 6) is 2.75. The van der Waals surface area contributed by atoms with Crippen LogP contribution in [0.5, 0.6) is 0 Å². The van der Waals surface area contributed by atoms with Gasteiger partial charge in [0.1, 0.15) is 0 Å². The molecule has 64 heavy (non-hydrogen) atoms. The molecule has 0 radical (unpaired) electrons. The molecule has 2 N–H and O–H groups in total. The Morgan fingerprint density at radius 2 is 0.750 bits per heavy atom. The second kappa shape index (κ2) is 33.1. The Morgan fingerprint density at radius 1 is 0.438 bits per heavy atom. The molecule has 3 heterocycles. The number of unbranched alkanes of at least 4 members (excludes halogenated alkanes) is 8. The molecule has 0 aliphatic heterocycles. The second-order valence-electron chi connectivity index (χ2n) is 17.8. The van der Waals surface area contributed by atoms with Crippen molar-refractivity contribution in [2.75, 3.05) is 0 Å². The molecule has 0 spiro atoms. The summed E-state index contributed by atoms with van der Waals surface area (Å²) in [5, 5.41) is 29.5. The van der Waals surface area contributed by atoms with E-state index < -0.39 is 7.12 Å². The molecule has 5 rings (SSSR count). The van der Waals surface area contributed by atoms with Gasteiger partial charge in [-0.15, -0.1) is 0 Å². The lowest BCUT2D eigenvalue weighted by Gasteiger charge is -2.27. The van der Waals surface area contributed by atoms with Crippen LogP contribution < -0.4 is 5.46 Å². The number of benzene rings is 2. The molecule has 2 aromatic carbocycles. The van der Waals surface area contributed by atoms with E-state index in [-0.39, 0.29) is 0 Å². The maximum absolute atomic E-state index is 8.47. The zero-order valence-electron chi connectivity index (χ0n) is 40.9. The highest BCUT2D eigenvalue weighted by atomic mass is 79.9. The fraction of sp³-hybridized carbons (Fsp3) is 0.571. The lowest BCUT2D eigenvalue weighted by molar-refractivity contribution is 0.426. The summed E-state index contributed by atoms with van der Waals surface area (Å²) in [6.45, 7) is 18.7. The summed E-state index contributed by atoms with van der Waals surface area (Å²) in [5.41, 5.74) is 12.7. The van der Waals surface area contributed by atoms with Crippen molar-refractivity contribution in [2.45, 2.75) is 207 Å². The van der Waals surface area contributed by atoms with Gasteiger partial charge in [0.2, 0.25) is 0 Å². The van der Waals surface area contributed by atoms with Gasteiger partial charge < -0.3 is 10.0 Å². The molecule has 5 aromatic rings. The number of thiophene rings is 3. The molecule has 0 bridgehead atoms. The number of halogens is 2. The van der Waals surface area contributed by atoms with Crippen LogP contribution in [0.15, 0.2) is 83.7 Å². The van der Waals surface area contributed by atoms with E-state index >= 15 is 0 Å². The van der Waals surface area contributed by atoms with E-state index in [4.69, 9.17) is 10.0 Å². The molecular weight excluding hydrogens is 971 g/mol. The van der Waals surface area contributed by atoms with E-state index in [0.717, 1.165) is 0 Å². The van der Waals surface area contributed by atoms with Gasteiger partial charge in [-0.25, -0.2) is 0 Å². The molecule has 4 atom stereocenters. The molecule has 4 unspecified atom stereocenters. The van der Waals surface area contributed by atoms with E-state index in [9.17, 15) is 0 Å². The summed E-state index contributed by atoms with van der Waals surface area (Å²) in [6, 6.07) is 16.3. The first-order valence-electron chi connectivity index (χ1n) is 25.2. The Morgan fingerprint density at radius 3 is 0.984 bits per heavy atom. The van der Waals surface area contributed by atoms with Gasteiger partial charge in [-0.1, -0.05) is 139 Å². The first-order valence-corrected chi connectivity index (χ1v) is 29.6. The van der Waals surface area contributed by atoms with Gasteiger partial charge in [-0.3, -0.25) is 0 Å². The summed E-state index contributed by atoms with van der Waals surface area (Å²) in [6.07, 6.45) is 26.3. The third-order valence-corrected chi connectivity index (χ3v) is 17.1. The van der Waals surface area contributed by atoms with E-state index in [1.807, 2.05) is 22.7 Å². The summed E-state index contributed by atoms with van der Waals surface area (Å²) in [4.78, 5) is 0. The first kappa shape index (κ1) is 56.8. The van der Waals surface area contributed by atoms with E-state index in [1.165, 1.54) is 171 Å². The molecule has 8 heteroatoms. The third-order valence-electron chi connectivity index (χ3n) is 13.2. The Labute approximate surface area is 420 Å². The molecule has 3 aromatic heterocycles. The molecule has 354 valence electrons. The van der Waals surface area contributed by atoms with Crippen LogP contribution in [-0.2, 0) is 0 Å². The smallest absolute Gasteiger partial charge is 0.423 e. The van der Waals surface area contributed by atoms with Gasteiger partial charge in [-0.2, -0.15) is 34.0 Å². The van der Waals surface area contributed by atoms with Crippen molar-refractivity contribution in [3.8, 4) is 22.3 Å². The van der Waals surface area contributed by atoms with Gasteiger partial charge in [0.05, 0.1) is 0 Å². The van der Waals surface area contributed by atoms with Gasteiger partial charge in [0, 0.05) is 8.95 Å². The molecule has 0 fully saturated rings. The fourth-order valence-electron chi connectivity index (χ4n) is 9.24. The van der Waals surface area contributed by atoms with Crippen molar-refractivity contribution in [2.24, 2.45) is 0 Å². The minimum Gasteiger partial charge on any atom is -0.423 e. The van der Waals surface area contributed by atoms with Crippen LogP contribution in [0, 0.1) is 0 Å². The topological polar surface area (TPSA) is 40.5 Å². The predicted octanol–water partition coefficient (Wildman–Crippen LogP) is 20.1. The monoisotopic (exact) mass is 1050 g/mol. The second-order valence-corrected chi connectivity index (χ2v) is 21.8. The van der Waals surface area contributed by atoms with Gasteiger partial charge in [-0.05, 0) is 226 Å². The SMILES string of the molecule is CCCCCC(CC)c1cc(-c2ccsc2)c(-c2ccsc2)cc1C(CC)CCCCC.CCCCCC(CC)c1cc(Br)c(Br)cc1C(CC)CCCCC.OB(O)c1ccsc1. The van der Waals surface area contributed by atoms with Crippen LogP contribution in [0.1, 0.15) is 230 Å². The van der Waals surface area contributed by atoms with Crippen LogP contribution in [-0.4, -0.2) is 17.2 Å². The highest BCUT2D eigenvalue weighted by Gasteiger charge is 2.24. The molecule has 2 nitrogen and oxygen atoms in total. The van der Waals surface area contributed by atoms with Crippen LogP contribution in [0.25, 0.3) is 22.3 Å². The maximum Gasteiger partial charge on any atom is 0.489 e. The number of hydrogen-bond donors (Lipinski definition) is 2. The lowest BCUT2D eigenvalue weighted by Crippen LogP contribution is -2.27. The molecule has 0 saturated heterocycles. The minimum atomic E-state index is -1.30. The normalized spacial score (nSPS) is 13.1. The average molecular weight is 1060 g/mol. The van der Waals surface area contributed by atoms with Crippen LogP contribution in [0.3, 0.4) is 0 Å². The van der Waals surface area contributed by atoms with Crippen molar-refractivity contribution in [1.82, 2.24) is 0 Å². The van der Waals surface area contributed by atoms with Crippen LogP contribution >= 0.6 is 65.9 Å². The highest BCUT2D eigenvalue weighted by Crippen LogP contribution is 2.44. The highest BCUT2D eigenvalue weighted by molar-refractivity contribution is 9.13. The van der Waals surface area contributed by atoms with Crippen molar-refractivity contribution in [3.05, 3.63) is 106 Å². The molecule has 0 saturated carbocycles. The van der Waals surface area contributed by atoms with E-state index in [2.05, 4.69) is 145 Å². The van der Waals surface area contributed by atoms with Crippen molar-refractivity contribution < 1.29 is 10.0 Å². The Bertz CT molecular complexity index is 1790. The summed E-state index contributed by atoms with van der Waals surface area (Å²) in [7, 11) is -1.30. The van der Waals surface area contributed by atoms with Crippen molar-refractivity contribution in [1.29, 1.82) is 0 Å². The molecular formula is C56H83BBr2O2S3. The van der Waals surface area contributed by atoms with Gasteiger partial charge in [0.25, 0.3) is 0 Å². The van der Waals surface area contributed by atoms with E-state index in [1.54, 1.807) is 39.1 Å². The largest absolute Gasteiger partial charge is 0.489 e. The van der Waals surface area contributed by atoms with Gasteiger partial charge >= 0.3 is 7.12 Å². The van der Waals surface area contributed by atoms with E-state index in [0.29, 0.717) is 29.1 Å². The maximum atomic E-state index is 8.47. The molecule has 0 aliphatic rings. The zero-order chi connectivity index (χ0) is 46.7. The predicted molar refractivity (Wildman–Crippen MR) is 298 cm³/mol. The van der Waals surface area contributed by atoms with Crippen LogP contribution in [0.2, 0.25) is 0 Å². The third kappa shape index (κ3) is 18.5. The quantitative estimate of drug-likeness (QED) is 0.0406. The zero-order valence-corrected chi connectivity index (χ0v) is 46.5. The molecule has 0 aliphatic carbocycles. The minimum absolute atomic E-state index is 0.565. The Balaban J connectivity index is 0.000000298.